The third-order valence-electron chi connectivity index (χ3n) is 9.51. The largest absolute Gasteiger partial charge is 0.208 e. The summed E-state index contributed by atoms with van der Waals surface area (Å²) < 4.78 is 2.43. The van der Waals surface area contributed by atoms with Crippen molar-refractivity contribution < 1.29 is 0 Å². The van der Waals surface area contributed by atoms with Crippen molar-refractivity contribution in [3.8, 4) is 45.3 Å². The van der Waals surface area contributed by atoms with E-state index in [0.29, 0.717) is 17.5 Å². The lowest BCUT2D eigenvalue weighted by molar-refractivity contribution is 1.08. The third-order valence-corrected chi connectivity index (χ3v) is 10.7. The van der Waals surface area contributed by atoms with Gasteiger partial charge in [0.25, 0.3) is 0 Å². The van der Waals surface area contributed by atoms with E-state index in [0.717, 1.165) is 27.8 Å². The maximum atomic E-state index is 5.23. The van der Waals surface area contributed by atoms with Crippen LogP contribution in [0, 0.1) is 0 Å². The molecule has 8 aromatic carbocycles. The van der Waals surface area contributed by atoms with E-state index in [1.165, 1.54) is 52.5 Å². The highest BCUT2D eigenvalue weighted by Gasteiger charge is 2.18. The van der Waals surface area contributed by atoms with Gasteiger partial charge in [0.2, 0.25) is 0 Å². The summed E-state index contributed by atoms with van der Waals surface area (Å²) in [6, 6.07) is 58.0. The summed E-state index contributed by atoms with van der Waals surface area (Å²) >= 11 is 1.79. The van der Waals surface area contributed by atoms with Crippen LogP contribution >= 0.6 is 11.3 Å². The fourth-order valence-corrected chi connectivity index (χ4v) is 8.40. The van der Waals surface area contributed by atoms with Gasteiger partial charge in [0.15, 0.2) is 17.5 Å². The van der Waals surface area contributed by atoms with Crippen LogP contribution in [0.4, 0.5) is 0 Å². The lowest BCUT2D eigenvalue weighted by Gasteiger charge is -2.13. The first-order valence-electron chi connectivity index (χ1n) is 16.4. The number of hydrogen-bond acceptors (Lipinski definition) is 4. The summed E-state index contributed by atoms with van der Waals surface area (Å²) in [6.45, 7) is 0. The van der Waals surface area contributed by atoms with Gasteiger partial charge in [-0.3, -0.25) is 0 Å². The molecule has 0 aliphatic heterocycles. The standard InChI is InChI=1S/C45H27N3S/c1-2-12-28(13-3-1)29-14-10-15-30(26-29)43-46-44(48-45(47-43)39-22-11-21-38-37-20-8-9-23-41(37)49-42(38)39)31-24-25-36-34-18-5-4-16-32(34)33-17-6-7-19-35(33)40(36)27-31/h1-27H. The van der Waals surface area contributed by atoms with Gasteiger partial charge in [-0.05, 0) is 67.7 Å². The average Bonchev–Trinajstić information content (AvgIpc) is 3.57. The van der Waals surface area contributed by atoms with Crippen LogP contribution in [0.5, 0.6) is 0 Å². The molecular weight excluding hydrogens is 615 g/mol. The van der Waals surface area contributed by atoms with Crippen LogP contribution in [0.15, 0.2) is 164 Å². The fourth-order valence-electron chi connectivity index (χ4n) is 7.19. The van der Waals surface area contributed by atoms with Crippen molar-refractivity contribution in [2.24, 2.45) is 0 Å². The molecule has 0 bridgehead atoms. The minimum absolute atomic E-state index is 0.652. The normalized spacial score (nSPS) is 11.7. The van der Waals surface area contributed by atoms with Gasteiger partial charge in [0, 0.05) is 36.9 Å². The Bertz CT molecular complexity index is 2860. The lowest BCUT2D eigenvalue weighted by atomic mass is 9.93. The number of nitrogens with zero attached hydrogens (tertiary/aromatic N) is 3. The predicted molar refractivity (Wildman–Crippen MR) is 207 cm³/mol. The summed E-state index contributed by atoms with van der Waals surface area (Å²) in [5.74, 6) is 1.98. The van der Waals surface area contributed by atoms with Crippen LogP contribution in [0.2, 0.25) is 0 Å². The number of hydrogen-bond donors (Lipinski definition) is 0. The van der Waals surface area contributed by atoms with Gasteiger partial charge >= 0.3 is 0 Å². The van der Waals surface area contributed by atoms with Gasteiger partial charge in [-0.25, -0.2) is 15.0 Å². The second kappa shape index (κ2) is 11.2. The minimum Gasteiger partial charge on any atom is -0.208 e. The van der Waals surface area contributed by atoms with Gasteiger partial charge in [-0.1, -0.05) is 140 Å². The Morgan fingerprint density at radius 2 is 0.816 bits per heavy atom. The van der Waals surface area contributed by atoms with Crippen LogP contribution < -0.4 is 0 Å². The molecule has 0 fully saturated rings. The highest BCUT2D eigenvalue weighted by molar-refractivity contribution is 7.26. The molecule has 0 saturated heterocycles. The van der Waals surface area contributed by atoms with Crippen LogP contribution in [0.25, 0.3) is 97.8 Å². The lowest BCUT2D eigenvalue weighted by Crippen LogP contribution is -2.00. The minimum atomic E-state index is 0.652. The highest BCUT2D eigenvalue weighted by atomic mass is 32.1. The predicted octanol–water partition coefficient (Wildman–Crippen LogP) is 12.4. The Kier molecular flexibility index (Phi) is 6.36. The third kappa shape index (κ3) is 4.61. The molecule has 0 aliphatic rings. The number of rotatable bonds is 4. The zero-order chi connectivity index (χ0) is 32.3. The quantitative estimate of drug-likeness (QED) is 0.180. The molecule has 10 aromatic rings. The molecule has 2 aromatic heterocycles. The van der Waals surface area contributed by atoms with Crippen molar-refractivity contribution >= 4 is 63.8 Å². The van der Waals surface area contributed by atoms with Crippen LogP contribution in [-0.4, -0.2) is 15.0 Å². The van der Waals surface area contributed by atoms with Crippen LogP contribution in [0.3, 0.4) is 0 Å². The van der Waals surface area contributed by atoms with Gasteiger partial charge in [0.05, 0.1) is 0 Å². The Balaban J connectivity index is 1.23. The van der Waals surface area contributed by atoms with E-state index in [4.69, 9.17) is 15.0 Å². The summed E-state index contributed by atoms with van der Waals surface area (Å²) in [7, 11) is 0. The number of thiophene rings is 1. The maximum Gasteiger partial charge on any atom is 0.165 e. The summed E-state index contributed by atoms with van der Waals surface area (Å²) in [4.78, 5) is 15.6. The first kappa shape index (κ1) is 27.8. The topological polar surface area (TPSA) is 38.7 Å². The van der Waals surface area contributed by atoms with Crippen LogP contribution in [-0.2, 0) is 0 Å². The molecule has 0 saturated carbocycles. The Morgan fingerprint density at radius 1 is 0.306 bits per heavy atom. The van der Waals surface area contributed by atoms with Gasteiger partial charge in [-0.2, -0.15) is 0 Å². The summed E-state index contributed by atoms with van der Waals surface area (Å²) in [5.41, 5.74) is 5.20. The molecule has 228 valence electrons. The second-order valence-electron chi connectivity index (χ2n) is 12.4. The molecule has 2 heterocycles. The van der Waals surface area contributed by atoms with E-state index in [1.54, 1.807) is 11.3 Å². The van der Waals surface area contributed by atoms with Crippen LogP contribution in [0.1, 0.15) is 0 Å². The molecule has 0 aliphatic carbocycles. The monoisotopic (exact) mass is 641 g/mol. The van der Waals surface area contributed by atoms with E-state index in [9.17, 15) is 0 Å². The van der Waals surface area contributed by atoms with Crippen molar-refractivity contribution in [3.63, 3.8) is 0 Å². The molecule has 0 radical (unpaired) electrons. The second-order valence-corrected chi connectivity index (χ2v) is 13.4. The Morgan fingerprint density at radius 3 is 1.55 bits per heavy atom. The molecule has 0 N–H and O–H groups in total. The van der Waals surface area contributed by atoms with Gasteiger partial charge in [-0.15, -0.1) is 11.3 Å². The van der Waals surface area contributed by atoms with Gasteiger partial charge < -0.3 is 0 Å². The Hall–Kier alpha value is -6.23. The molecule has 0 unspecified atom stereocenters. The zero-order valence-electron chi connectivity index (χ0n) is 26.3. The molecular formula is C45H27N3S. The average molecular weight is 642 g/mol. The fraction of sp³-hybridized carbons (Fsp3) is 0. The highest BCUT2D eigenvalue weighted by Crippen LogP contribution is 2.41. The van der Waals surface area contributed by atoms with E-state index < -0.39 is 0 Å². The molecule has 3 nitrogen and oxygen atoms in total. The molecule has 0 spiro atoms. The number of benzene rings is 8. The van der Waals surface area contributed by atoms with E-state index in [1.807, 2.05) is 6.07 Å². The van der Waals surface area contributed by atoms with Gasteiger partial charge in [0.1, 0.15) is 0 Å². The zero-order valence-corrected chi connectivity index (χ0v) is 27.2. The van der Waals surface area contributed by atoms with Crippen molar-refractivity contribution in [2.75, 3.05) is 0 Å². The van der Waals surface area contributed by atoms with E-state index in [2.05, 4.69) is 158 Å². The van der Waals surface area contributed by atoms with E-state index in [-0.39, 0.29) is 0 Å². The number of aromatic nitrogens is 3. The number of fused-ring (bicyclic) bond motifs is 9. The van der Waals surface area contributed by atoms with Crippen molar-refractivity contribution in [3.05, 3.63) is 164 Å². The molecule has 0 amide bonds. The van der Waals surface area contributed by atoms with Crippen molar-refractivity contribution in [2.45, 2.75) is 0 Å². The van der Waals surface area contributed by atoms with Crippen molar-refractivity contribution in [1.29, 1.82) is 0 Å². The first-order valence-corrected chi connectivity index (χ1v) is 17.3. The summed E-state index contributed by atoms with van der Waals surface area (Å²) in [6.07, 6.45) is 0. The molecule has 10 rings (SSSR count). The molecule has 49 heavy (non-hydrogen) atoms. The first-order chi connectivity index (χ1) is 24.3. The molecule has 0 atom stereocenters. The van der Waals surface area contributed by atoms with E-state index >= 15 is 0 Å². The molecule has 4 heteroatoms. The Labute approximate surface area is 286 Å². The summed E-state index contributed by atoms with van der Waals surface area (Å²) in [5, 5.41) is 9.85. The maximum absolute atomic E-state index is 5.23. The SMILES string of the molecule is c1ccc(-c2cccc(-c3nc(-c4ccc5c6ccccc6c6ccccc6c5c4)nc(-c4cccc5c4sc4ccccc45)n3)c2)cc1. The van der Waals surface area contributed by atoms with Crippen molar-refractivity contribution in [1.82, 2.24) is 15.0 Å². The smallest absolute Gasteiger partial charge is 0.165 e.